The molecular weight excluding hydrogens is 522 g/mol. The van der Waals surface area contributed by atoms with Gasteiger partial charge in [-0.3, -0.25) is 9.59 Å². The summed E-state index contributed by atoms with van der Waals surface area (Å²) < 4.78 is 31.2. The summed E-state index contributed by atoms with van der Waals surface area (Å²) in [6.07, 6.45) is 3.21. The third-order valence-electron chi connectivity index (χ3n) is 5.88. The van der Waals surface area contributed by atoms with Crippen molar-refractivity contribution in [3.05, 3.63) is 23.8 Å². The molecule has 0 aromatic heterocycles. The van der Waals surface area contributed by atoms with Crippen LogP contribution in [0.4, 0.5) is 9.59 Å². The number of carbonyl (C=O) groups is 4. The predicted octanol–water partition coefficient (Wildman–Crippen LogP) is 5.49. The molecule has 0 amide bonds. The molecule has 3 atom stereocenters. The third kappa shape index (κ3) is 14.2. The summed E-state index contributed by atoms with van der Waals surface area (Å²) in [5.74, 6) is -1.44. The Morgan fingerprint density at radius 2 is 1.35 bits per heavy atom. The molecule has 0 saturated carbocycles. The molecule has 0 aliphatic rings. The topological polar surface area (TPSA) is 150 Å². The molecule has 1 rings (SSSR count). The number of nitrogens with two attached hydrogens (primary N) is 1. The van der Waals surface area contributed by atoms with E-state index in [2.05, 4.69) is 0 Å². The first-order valence-corrected chi connectivity index (χ1v) is 14.1. The highest BCUT2D eigenvalue weighted by Gasteiger charge is 2.22. The summed E-state index contributed by atoms with van der Waals surface area (Å²) in [5, 5.41) is 0. The fourth-order valence-electron chi connectivity index (χ4n) is 3.26. The molecule has 11 nitrogen and oxygen atoms in total. The number of hydrogen-bond donors (Lipinski definition) is 1. The average molecular weight is 568 g/mol. The third-order valence-corrected chi connectivity index (χ3v) is 5.88. The Balaban J connectivity index is 2.84. The van der Waals surface area contributed by atoms with Crippen molar-refractivity contribution in [1.82, 2.24) is 0 Å². The molecule has 0 saturated heterocycles. The molecule has 0 bridgehead atoms. The van der Waals surface area contributed by atoms with Crippen LogP contribution in [0.3, 0.4) is 0 Å². The highest BCUT2D eigenvalue weighted by atomic mass is 16.7. The Morgan fingerprint density at radius 3 is 1.90 bits per heavy atom. The SMILES string of the molecule is CCCCCOC(=O)Oc1ccc(C[C@H](N)C(=O)O[C@@H](C)COC(=O)C(C)CC)cc1OC(=O)OCCCCC. The quantitative estimate of drug-likeness (QED) is 0.104. The number of ether oxygens (including phenoxy) is 6. The van der Waals surface area contributed by atoms with E-state index in [9.17, 15) is 19.2 Å². The molecule has 0 spiro atoms. The second-order valence-electron chi connectivity index (χ2n) is 9.59. The van der Waals surface area contributed by atoms with Gasteiger partial charge >= 0.3 is 24.2 Å². The Labute approximate surface area is 236 Å². The van der Waals surface area contributed by atoms with Gasteiger partial charge in [0, 0.05) is 0 Å². The van der Waals surface area contributed by atoms with Crippen LogP contribution in [-0.2, 0) is 35.0 Å². The number of hydrogen-bond acceptors (Lipinski definition) is 11. The molecule has 40 heavy (non-hydrogen) atoms. The van der Waals surface area contributed by atoms with Gasteiger partial charge in [0.2, 0.25) is 0 Å². The van der Waals surface area contributed by atoms with Crippen LogP contribution in [0.2, 0.25) is 0 Å². The molecule has 1 aromatic carbocycles. The predicted molar refractivity (Wildman–Crippen MR) is 147 cm³/mol. The summed E-state index contributed by atoms with van der Waals surface area (Å²) in [5.41, 5.74) is 6.56. The van der Waals surface area contributed by atoms with Gasteiger partial charge in [0.25, 0.3) is 0 Å². The lowest BCUT2D eigenvalue weighted by atomic mass is 10.1. The monoisotopic (exact) mass is 567 g/mol. The van der Waals surface area contributed by atoms with E-state index in [-0.39, 0.29) is 49.6 Å². The molecule has 0 heterocycles. The van der Waals surface area contributed by atoms with E-state index in [4.69, 9.17) is 34.2 Å². The van der Waals surface area contributed by atoms with Gasteiger partial charge in [0.1, 0.15) is 18.8 Å². The van der Waals surface area contributed by atoms with Gasteiger partial charge in [-0.1, -0.05) is 59.4 Å². The van der Waals surface area contributed by atoms with Crippen molar-refractivity contribution >= 4 is 24.2 Å². The first-order valence-electron chi connectivity index (χ1n) is 14.1. The molecule has 0 fully saturated rings. The van der Waals surface area contributed by atoms with Gasteiger partial charge in [-0.25, -0.2) is 9.59 Å². The second-order valence-corrected chi connectivity index (χ2v) is 9.59. The number of unbranched alkanes of at least 4 members (excludes halogenated alkanes) is 4. The Hall–Kier alpha value is -3.34. The number of esters is 2. The summed E-state index contributed by atoms with van der Waals surface area (Å²) in [6, 6.07) is 3.36. The lowest BCUT2D eigenvalue weighted by Crippen LogP contribution is -2.37. The summed E-state index contributed by atoms with van der Waals surface area (Å²) in [7, 11) is 0. The maximum Gasteiger partial charge on any atom is 0.513 e. The summed E-state index contributed by atoms with van der Waals surface area (Å²) >= 11 is 0. The number of rotatable bonds is 18. The average Bonchev–Trinajstić information content (AvgIpc) is 2.93. The highest BCUT2D eigenvalue weighted by molar-refractivity contribution is 5.76. The molecule has 1 unspecified atom stereocenters. The van der Waals surface area contributed by atoms with Gasteiger partial charge in [-0.2, -0.15) is 0 Å². The molecular formula is C29H45NO10. The minimum atomic E-state index is -1.06. The van der Waals surface area contributed by atoms with E-state index >= 15 is 0 Å². The van der Waals surface area contributed by atoms with Crippen molar-refractivity contribution in [2.45, 2.75) is 98.1 Å². The molecule has 1 aromatic rings. The fraction of sp³-hybridized carbons (Fsp3) is 0.655. The van der Waals surface area contributed by atoms with E-state index in [0.717, 1.165) is 25.7 Å². The van der Waals surface area contributed by atoms with Crippen LogP contribution >= 0.6 is 0 Å². The van der Waals surface area contributed by atoms with E-state index in [1.807, 2.05) is 20.8 Å². The Bertz CT molecular complexity index is 935. The van der Waals surface area contributed by atoms with E-state index in [1.54, 1.807) is 19.9 Å². The zero-order valence-electron chi connectivity index (χ0n) is 24.4. The van der Waals surface area contributed by atoms with E-state index < -0.39 is 30.4 Å². The first kappa shape index (κ1) is 34.7. The maximum atomic E-state index is 12.5. The van der Waals surface area contributed by atoms with Crippen LogP contribution < -0.4 is 15.2 Å². The van der Waals surface area contributed by atoms with Crippen molar-refractivity contribution in [3.63, 3.8) is 0 Å². The van der Waals surface area contributed by atoms with Crippen molar-refractivity contribution in [3.8, 4) is 11.5 Å². The minimum absolute atomic E-state index is 0.0296. The normalized spacial score (nSPS) is 12.9. The zero-order chi connectivity index (χ0) is 29.9. The lowest BCUT2D eigenvalue weighted by Gasteiger charge is -2.18. The molecule has 0 radical (unpaired) electrons. The first-order chi connectivity index (χ1) is 19.1. The van der Waals surface area contributed by atoms with E-state index in [0.29, 0.717) is 24.8 Å². The molecule has 2 N–H and O–H groups in total. The van der Waals surface area contributed by atoms with Gasteiger partial charge in [-0.15, -0.1) is 0 Å². The highest BCUT2D eigenvalue weighted by Crippen LogP contribution is 2.30. The van der Waals surface area contributed by atoms with Gasteiger partial charge in [0.05, 0.1) is 19.1 Å². The Morgan fingerprint density at radius 1 is 0.775 bits per heavy atom. The largest absolute Gasteiger partial charge is 0.513 e. The number of benzene rings is 1. The standard InChI is InChI=1S/C29H45NO10/c1-6-9-11-15-35-28(33)39-24-14-13-22(18-25(24)40-29(34)36-16-12-10-7-2)17-23(30)27(32)38-21(5)19-37-26(31)20(4)8-3/h13-14,18,20-21,23H,6-12,15-17,19,30H2,1-5H3/t20?,21-,23-/m0/s1. The summed E-state index contributed by atoms with van der Waals surface area (Å²) in [6.45, 7) is 9.59. The van der Waals surface area contributed by atoms with Crippen LogP contribution in [0.15, 0.2) is 18.2 Å². The molecule has 11 heteroatoms. The minimum Gasteiger partial charge on any atom is -0.462 e. The van der Waals surface area contributed by atoms with Crippen LogP contribution in [0.1, 0.15) is 85.1 Å². The second kappa shape index (κ2) is 19.7. The van der Waals surface area contributed by atoms with Crippen LogP contribution in [0.25, 0.3) is 0 Å². The number of carbonyl (C=O) groups excluding carboxylic acids is 4. The fourth-order valence-corrected chi connectivity index (χ4v) is 3.26. The van der Waals surface area contributed by atoms with Crippen LogP contribution in [-0.4, -0.2) is 56.2 Å². The maximum absolute atomic E-state index is 12.5. The lowest BCUT2D eigenvalue weighted by molar-refractivity contribution is -0.160. The zero-order valence-corrected chi connectivity index (χ0v) is 24.4. The van der Waals surface area contributed by atoms with Crippen molar-refractivity contribution in [2.24, 2.45) is 11.7 Å². The van der Waals surface area contributed by atoms with Crippen LogP contribution in [0, 0.1) is 5.92 Å². The smallest absolute Gasteiger partial charge is 0.462 e. The Kier molecular flexibility index (Phi) is 17.1. The molecule has 0 aliphatic carbocycles. The molecule has 226 valence electrons. The molecule has 0 aliphatic heterocycles. The van der Waals surface area contributed by atoms with Crippen molar-refractivity contribution in [2.75, 3.05) is 19.8 Å². The summed E-state index contributed by atoms with van der Waals surface area (Å²) in [4.78, 5) is 48.7. The van der Waals surface area contributed by atoms with Gasteiger partial charge in [-0.05, 0) is 50.3 Å². The van der Waals surface area contributed by atoms with Crippen molar-refractivity contribution in [1.29, 1.82) is 0 Å². The van der Waals surface area contributed by atoms with Crippen LogP contribution in [0.5, 0.6) is 11.5 Å². The van der Waals surface area contributed by atoms with Gasteiger partial charge < -0.3 is 34.2 Å². The van der Waals surface area contributed by atoms with E-state index in [1.165, 1.54) is 12.1 Å². The van der Waals surface area contributed by atoms with Crippen molar-refractivity contribution < 1.29 is 47.6 Å². The van der Waals surface area contributed by atoms with Gasteiger partial charge in [0.15, 0.2) is 11.5 Å².